The molecule has 19 heavy (non-hydrogen) atoms. The topological polar surface area (TPSA) is 20.7 Å². The van der Waals surface area contributed by atoms with Gasteiger partial charge in [0.2, 0.25) is 0 Å². The van der Waals surface area contributed by atoms with Crippen LogP contribution in [0.2, 0.25) is 0 Å². The molecule has 0 aliphatic heterocycles. The number of rotatable bonds is 4. The molecule has 2 rings (SSSR count). The lowest BCUT2D eigenvalue weighted by atomic mass is 9.85. The third kappa shape index (κ3) is 2.92. The maximum absolute atomic E-state index is 5.50. The predicted octanol–water partition coefficient (Wildman–Crippen LogP) is 4.94. The van der Waals surface area contributed by atoms with Crippen molar-refractivity contribution in [3.05, 3.63) is 28.5 Å². The molecular weight excluding hydrogens is 252 g/mol. The number of imidazole rings is 1. The molecule has 0 saturated heterocycles. The summed E-state index contributed by atoms with van der Waals surface area (Å²) in [6.45, 7) is 12.3. The molecule has 0 saturated carbocycles. The normalized spacial score (nSPS) is 12.2. The molecular formula is C16H24N2S. The minimum atomic E-state index is 0.645. The van der Waals surface area contributed by atoms with E-state index in [1.807, 2.05) is 0 Å². The summed E-state index contributed by atoms with van der Waals surface area (Å²) < 4.78 is 3.11. The van der Waals surface area contributed by atoms with E-state index >= 15 is 0 Å². The van der Waals surface area contributed by atoms with E-state index in [1.54, 1.807) is 0 Å². The summed E-state index contributed by atoms with van der Waals surface area (Å²) in [5.74, 6) is 1.97. The van der Waals surface area contributed by atoms with Crippen LogP contribution in [0.15, 0.2) is 18.2 Å². The molecule has 0 aliphatic carbocycles. The second kappa shape index (κ2) is 5.49. The average Bonchev–Trinajstić information content (AvgIpc) is 2.60. The van der Waals surface area contributed by atoms with Crippen LogP contribution >= 0.6 is 12.2 Å². The zero-order valence-corrected chi connectivity index (χ0v) is 13.3. The fraction of sp³-hybridized carbons (Fsp3) is 0.562. The summed E-state index contributed by atoms with van der Waals surface area (Å²) in [6, 6.07) is 6.47. The highest BCUT2D eigenvalue weighted by Crippen LogP contribution is 2.25. The van der Waals surface area contributed by atoms with Crippen molar-refractivity contribution in [1.82, 2.24) is 9.55 Å². The van der Waals surface area contributed by atoms with E-state index in [0.29, 0.717) is 17.8 Å². The SMILES string of the molecule is Cc1ccc2[nH]c(=S)n(CC(C(C)C)C(C)C)c2c1. The number of aromatic amines is 1. The van der Waals surface area contributed by atoms with E-state index in [1.165, 1.54) is 11.1 Å². The lowest BCUT2D eigenvalue weighted by Crippen LogP contribution is -2.21. The molecule has 2 aromatic rings. The Morgan fingerprint density at radius 2 is 1.79 bits per heavy atom. The fourth-order valence-electron chi connectivity index (χ4n) is 2.85. The zero-order chi connectivity index (χ0) is 14.2. The molecule has 104 valence electrons. The molecule has 0 bridgehead atoms. The van der Waals surface area contributed by atoms with E-state index in [-0.39, 0.29) is 0 Å². The molecule has 2 nitrogen and oxygen atoms in total. The van der Waals surface area contributed by atoms with E-state index in [4.69, 9.17) is 12.2 Å². The first-order valence-corrected chi connectivity index (χ1v) is 7.50. The highest BCUT2D eigenvalue weighted by atomic mass is 32.1. The van der Waals surface area contributed by atoms with Gasteiger partial charge < -0.3 is 9.55 Å². The Balaban J connectivity index is 2.47. The fourth-order valence-corrected chi connectivity index (χ4v) is 3.13. The molecule has 1 aromatic heterocycles. The average molecular weight is 276 g/mol. The Labute approximate surface area is 120 Å². The van der Waals surface area contributed by atoms with Crippen molar-refractivity contribution in [2.24, 2.45) is 17.8 Å². The Hall–Kier alpha value is -1.09. The largest absolute Gasteiger partial charge is 0.331 e. The number of benzene rings is 1. The second-order valence-corrected chi connectivity index (χ2v) is 6.60. The summed E-state index contributed by atoms with van der Waals surface area (Å²) in [4.78, 5) is 3.32. The summed E-state index contributed by atoms with van der Waals surface area (Å²) in [5, 5.41) is 0. The van der Waals surface area contributed by atoms with Gasteiger partial charge in [-0.3, -0.25) is 0 Å². The second-order valence-electron chi connectivity index (χ2n) is 6.21. The van der Waals surface area contributed by atoms with Crippen LogP contribution in [0.1, 0.15) is 33.3 Å². The van der Waals surface area contributed by atoms with Crippen molar-refractivity contribution < 1.29 is 0 Å². The van der Waals surface area contributed by atoms with Crippen molar-refractivity contribution in [1.29, 1.82) is 0 Å². The smallest absolute Gasteiger partial charge is 0.178 e. The van der Waals surface area contributed by atoms with Gasteiger partial charge in [-0.15, -0.1) is 0 Å². The van der Waals surface area contributed by atoms with Crippen LogP contribution in [0.5, 0.6) is 0 Å². The predicted molar refractivity (Wildman–Crippen MR) is 85.0 cm³/mol. The van der Waals surface area contributed by atoms with Crippen LogP contribution < -0.4 is 0 Å². The van der Waals surface area contributed by atoms with Crippen LogP contribution in [-0.4, -0.2) is 9.55 Å². The van der Waals surface area contributed by atoms with E-state index in [2.05, 4.69) is 62.4 Å². The van der Waals surface area contributed by atoms with Crippen LogP contribution in [-0.2, 0) is 6.54 Å². The van der Waals surface area contributed by atoms with Gasteiger partial charge in [-0.1, -0.05) is 33.8 Å². The first-order chi connectivity index (χ1) is 8.90. The van der Waals surface area contributed by atoms with Crippen LogP contribution in [0.4, 0.5) is 0 Å². The molecule has 0 amide bonds. The lowest BCUT2D eigenvalue weighted by Gasteiger charge is -2.25. The highest BCUT2D eigenvalue weighted by Gasteiger charge is 2.19. The molecule has 0 fully saturated rings. The first kappa shape index (κ1) is 14.3. The maximum atomic E-state index is 5.50. The minimum Gasteiger partial charge on any atom is -0.331 e. The van der Waals surface area contributed by atoms with E-state index in [9.17, 15) is 0 Å². The molecule has 0 aliphatic rings. The first-order valence-electron chi connectivity index (χ1n) is 7.09. The number of H-pyrrole nitrogens is 1. The summed E-state index contributed by atoms with van der Waals surface area (Å²) in [6.07, 6.45) is 0. The monoisotopic (exact) mass is 276 g/mol. The molecule has 1 heterocycles. The third-order valence-corrected chi connectivity index (χ3v) is 4.36. The van der Waals surface area contributed by atoms with Crippen LogP contribution in [0.3, 0.4) is 0 Å². The van der Waals surface area contributed by atoms with Crippen molar-refractivity contribution in [3.63, 3.8) is 0 Å². The number of hydrogen-bond donors (Lipinski definition) is 1. The molecule has 0 radical (unpaired) electrons. The summed E-state index contributed by atoms with van der Waals surface area (Å²) in [7, 11) is 0. The highest BCUT2D eigenvalue weighted by molar-refractivity contribution is 7.71. The van der Waals surface area contributed by atoms with Crippen LogP contribution in [0, 0.1) is 29.4 Å². The number of hydrogen-bond acceptors (Lipinski definition) is 1. The molecule has 1 aromatic carbocycles. The Bertz CT molecular complexity index is 611. The van der Waals surface area contributed by atoms with Gasteiger partial charge in [-0.25, -0.2) is 0 Å². The van der Waals surface area contributed by atoms with E-state index in [0.717, 1.165) is 16.8 Å². The zero-order valence-electron chi connectivity index (χ0n) is 12.5. The number of fused-ring (bicyclic) bond motifs is 1. The van der Waals surface area contributed by atoms with Crippen molar-refractivity contribution in [2.45, 2.75) is 41.2 Å². The molecule has 0 spiro atoms. The molecule has 0 atom stereocenters. The van der Waals surface area contributed by atoms with Gasteiger partial charge in [-0.05, 0) is 54.6 Å². The Kier molecular flexibility index (Phi) is 4.14. The minimum absolute atomic E-state index is 0.645. The van der Waals surface area contributed by atoms with Gasteiger partial charge >= 0.3 is 0 Å². The Morgan fingerprint density at radius 3 is 2.37 bits per heavy atom. The number of nitrogens with zero attached hydrogens (tertiary/aromatic N) is 1. The number of nitrogens with one attached hydrogen (secondary N) is 1. The Morgan fingerprint density at radius 1 is 1.16 bits per heavy atom. The van der Waals surface area contributed by atoms with E-state index < -0.39 is 0 Å². The van der Waals surface area contributed by atoms with Gasteiger partial charge in [0.1, 0.15) is 0 Å². The number of aryl methyl sites for hydroxylation is 1. The molecule has 1 N–H and O–H groups in total. The molecule has 3 heteroatoms. The molecule has 0 unspecified atom stereocenters. The number of aromatic nitrogens is 2. The maximum Gasteiger partial charge on any atom is 0.178 e. The van der Waals surface area contributed by atoms with Crippen LogP contribution in [0.25, 0.3) is 11.0 Å². The summed E-state index contributed by atoms with van der Waals surface area (Å²) >= 11 is 5.50. The van der Waals surface area contributed by atoms with Crippen molar-refractivity contribution >= 4 is 23.3 Å². The van der Waals surface area contributed by atoms with Crippen molar-refractivity contribution in [3.8, 4) is 0 Å². The lowest BCUT2D eigenvalue weighted by molar-refractivity contribution is 0.253. The van der Waals surface area contributed by atoms with Gasteiger partial charge in [0.25, 0.3) is 0 Å². The van der Waals surface area contributed by atoms with Gasteiger partial charge in [0, 0.05) is 6.54 Å². The summed E-state index contributed by atoms with van der Waals surface area (Å²) in [5.41, 5.74) is 3.65. The van der Waals surface area contributed by atoms with Gasteiger partial charge in [0.15, 0.2) is 4.77 Å². The third-order valence-electron chi connectivity index (χ3n) is 4.04. The van der Waals surface area contributed by atoms with Gasteiger partial charge in [-0.2, -0.15) is 0 Å². The quantitative estimate of drug-likeness (QED) is 0.785. The standard InChI is InChI=1S/C16H24N2S/c1-10(2)13(11(3)4)9-18-15-8-12(5)6-7-14(15)17-16(18)19/h6-8,10-11,13H,9H2,1-5H3,(H,17,19). The van der Waals surface area contributed by atoms with Gasteiger partial charge in [0.05, 0.1) is 11.0 Å². The van der Waals surface area contributed by atoms with Crippen molar-refractivity contribution in [2.75, 3.05) is 0 Å².